The zero-order valence-corrected chi connectivity index (χ0v) is 61.2. The van der Waals surface area contributed by atoms with Crippen LogP contribution in [0.25, 0.3) is 0 Å². The summed E-state index contributed by atoms with van der Waals surface area (Å²) in [4.78, 5) is 50.9. The zero-order valence-electron chi connectivity index (χ0n) is 60.3. The normalized spacial score (nSPS) is 27.7. The maximum absolute atomic E-state index is 14.3. The van der Waals surface area contributed by atoms with Gasteiger partial charge in [0, 0.05) is 18.9 Å². The first-order valence-corrected chi connectivity index (χ1v) is 39.8. The number of unbranched alkanes of at least 4 members (excludes halogenated alkanes) is 35. The number of carbonyl (C=O) groups excluding carboxylic acids is 3. The molecular formula is C74H133O24P. The standard InChI is InChI=1S/C74H133O24P/c1-4-7-10-13-16-19-22-25-27-29-32-35-38-41-44-47-50-60(78)93-55(52-90-58(76)48-45-42-39-36-34-31-28-26-23-20-17-14-11-8-5-2)53-92-99(88,89)98-72-70(96-73-68(86)63(81)61(79)56(51-75)94-73)66(84)65(83)67(85)71(72)97-74-69(87)64(82)62(80)57(95-74)54-91-59(77)49-46-43-40-37-33-30-24-21-18-15-12-9-6-3/h30,33,39,42,45,48,55-57,61-75,79-87H,4-29,31-32,34-38,40-41,43-44,46-47,49-54H2,1-3H3,(H,88,89)/b33-30-,42-39+,48-45+. The molecule has 0 radical (unpaired) electrons. The Morgan fingerprint density at radius 3 is 1.23 bits per heavy atom. The van der Waals surface area contributed by atoms with Gasteiger partial charge in [0.1, 0.15) is 98.7 Å². The van der Waals surface area contributed by atoms with Crippen LogP contribution in [0, 0.1) is 0 Å². The number of aliphatic hydroxyl groups excluding tert-OH is 10. The fraction of sp³-hybridized carbons (Fsp3) is 0.878. The minimum absolute atomic E-state index is 0.00465. The minimum Gasteiger partial charge on any atom is -0.463 e. The summed E-state index contributed by atoms with van der Waals surface area (Å²) in [5.74, 6) is -2.26. The van der Waals surface area contributed by atoms with Crippen LogP contribution in [0.3, 0.4) is 0 Å². The zero-order chi connectivity index (χ0) is 72.5. The van der Waals surface area contributed by atoms with Crippen LogP contribution in [-0.2, 0) is 61.2 Å². The predicted octanol–water partition coefficient (Wildman–Crippen LogP) is 10.7. The third kappa shape index (κ3) is 38.7. The van der Waals surface area contributed by atoms with Crippen LogP contribution >= 0.6 is 7.82 Å². The second kappa shape index (κ2) is 55.6. The van der Waals surface area contributed by atoms with Gasteiger partial charge >= 0.3 is 25.7 Å². The van der Waals surface area contributed by atoms with Crippen molar-refractivity contribution in [2.75, 3.05) is 26.4 Å². The van der Waals surface area contributed by atoms with E-state index < -0.39 is 156 Å². The molecule has 2 saturated heterocycles. The van der Waals surface area contributed by atoms with Crippen LogP contribution in [0.5, 0.6) is 0 Å². The number of esters is 3. The summed E-state index contributed by atoms with van der Waals surface area (Å²) in [5.41, 5.74) is 0. The van der Waals surface area contributed by atoms with Gasteiger partial charge in [0.05, 0.1) is 13.2 Å². The molecule has 11 N–H and O–H groups in total. The lowest BCUT2D eigenvalue weighted by Crippen LogP contribution is -2.69. The van der Waals surface area contributed by atoms with Crippen molar-refractivity contribution in [2.24, 2.45) is 0 Å². The number of allylic oxidation sites excluding steroid dienone is 5. The number of hydrogen-bond acceptors (Lipinski definition) is 23. The first kappa shape index (κ1) is 90.4. The molecular weight excluding hydrogens is 1300 g/mol. The summed E-state index contributed by atoms with van der Waals surface area (Å²) in [6, 6.07) is 0. The van der Waals surface area contributed by atoms with E-state index in [0.29, 0.717) is 12.8 Å². The molecule has 0 aromatic rings. The van der Waals surface area contributed by atoms with Crippen LogP contribution in [0.2, 0.25) is 0 Å². The Kier molecular flexibility index (Phi) is 50.8. The highest BCUT2D eigenvalue weighted by Crippen LogP contribution is 2.49. The van der Waals surface area contributed by atoms with Crippen molar-refractivity contribution in [2.45, 2.75) is 388 Å². The Bertz CT molecular complexity index is 2190. The van der Waals surface area contributed by atoms with Crippen molar-refractivity contribution in [3.8, 4) is 0 Å². The van der Waals surface area contributed by atoms with Gasteiger partial charge in [-0.15, -0.1) is 0 Å². The third-order valence-corrected chi connectivity index (χ3v) is 19.7. The van der Waals surface area contributed by atoms with Gasteiger partial charge in [-0.1, -0.05) is 250 Å². The van der Waals surface area contributed by atoms with Crippen LogP contribution in [0.1, 0.15) is 284 Å². The van der Waals surface area contributed by atoms with Crippen molar-refractivity contribution < 1.29 is 117 Å². The quantitative estimate of drug-likeness (QED) is 0.00512. The summed E-state index contributed by atoms with van der Waals surface area (Å²) in [6.07, 6.45) is 18.5. The first-order chi connectivity index (χ1) is 47.8. The van der Waals surface area contributed by atoms with Crippen molar-refractivity contribution in [3.05, 3.63) is 36.5 Å². The molecule has 18 atom stereocenters. The predicted molar refractivity (Wildman–Crippen MR) is 374 cm³/mol. The molecule has 1 saturated carbocycles. The average Bonchev–Trinajstić information content (AvgIpc) is 0.762. The monoisotopic (exact) mass is 1440 g/mol. The Morgan fingerprint density at radius 1 is 0.414 bits per heavy atom. The Morgan fingerprint density at radius 2 is 0.788 bits per heavy atom. The van der Waals surface area contributed by atoms with Crippen LogP contribution < -0.4 is 0 Å². The van der Waals surface area contributed by atoms with Gasteiger partial charge < -0.3 is 89.1 Å². The number of hydrogen-bond donors (Lipinski definition) is 11. The number of ether oxygens (including phenoxy) is 7. The third-order valence-electron chi connectivity index (χ3n) is 18.7. The summed E-state index contributed by atoms with van der Waals surface area (Å²) < 4.78 is 64.8. The molecule has 578 valence electrons. The highest BCUT2D eigenvalue weighted by atomic mass is 31.2. The molecule has 2 aliphatic heterocycles. The van der Waals surface area contributed by atoms with Gasteiger partial charge in [0.2, 0.25) is 0 Å². The minimum atomic E-state index is -5.72. The molecule has 3 rings (SSSR count). The van der Waals surface area contributed by atoms with Crippen LogP contribution in [-0.4, -0.2) is 204 Å². The summed E-state index contributed by atoms with van der Waals surface area (Å²) in [7, 11) is -5.72. The molecule has 2 heterocycles. The van der Waals surface area contributed by atoms with Gasteiger partial charge in [-0.2, -0.15) is 0 Å². The molecule has 25 heteroatoms. The van der Waals surface area contributed by atoms with E-state index in [1.165, 1.54) is 154 Å². The Labute approximate surface area is 591 Å². The highest BCUT2D eigenvalue weighted by Gasteiger charge is 2.58. The molecule has 0 aromatic heterocycles. The highest BCUT2D eigenvalue weighted by molar-refractivity contribution is 7.47. The lowest BCUT2D eigenvalue weighted by molar-refractivity contribution is -0.360. The van der Waals surface area contributed by atoms with E-state index in [1.54, 1.807) is 6.08 Å². The van der Waals surface area contributed by atoms with Crippen molar-refractivity contribution in [1.29, 1.82) is 0 Å². The second-order valence-electron chi connectivity index (χ2n) is 27.4. The van der Waals surface area contributed by atoms with Crippen LogP contribution in [0.4, 0.5) is 0 Å². The molecule has 3 fully saturated rings. The topological polar surface area (TPSA) is 374 Å². The van der Waals surface area contributed by atoms with Gasteiger partial charge in [0.25, 0.3) is 0 Å². The van der Waals surface area contributed by atoms with E-state index in [2.05, 4.69) is 32.9 Å². The number of carbonyl (C=O) groups is 3. The Balaban J connectivity index is 1.75. The fourth-order valence-electron chi connectivity index (χ4n) is 12.5. The molecule has 0 amide bonds. The molecule has 99 heavy (non-hydrogen) atoms. The van der Waals surface area contributed by atoms with E-state index in [9.17, 15) is 74.9 Å². The average molecular weight is 1440 g/mol. The van der Waals surface area contributed by atoms with Crippen molar-refractivity contribution in [3.63, 3.8) is 0 Å². The van der Waals surface area contributed by atoms with E-state index in [0.717, 1.165) is 96.0 Å². The molecule has 18 unspecified atom stereocenters. The molecule has 0 bridgehead atoms. The first-order valence-electron chi connectivity index (χ1n) is 38.3. The van der Waals surface area contributed by atoms with Crippen LogP contribution in [0.15, 0.2) is 36.5 Å². The SMILES string of the molecule is CCCCCCCC/C=C\CCCCCC(=O)OCC1OC(OC2C(O)C(O)C(O)C(OC3OC(CO)C(O)C(O)C3O)C2OP(=O)(O)OCC(COC(=O)/C=C/C=C/CCCCCCCCCCCCC)OC(=O)CCCCCCCCCCCCCCCCCC)C(O)C(O)C1O. The summed E-state index contributed by atoms with van der Waals surface area (Å²) >= 11 is 0. The Hall–Kier alpha value is -2.82. The number of phosphoric acid groups is 1. The molecule has 0 aromatic carbocycles. The van der Waals surface area contributed by atoms with Gasteiger partial charge in [-0.25, -0.2) is 9.36 Å². The van der Waals surface area contributed by atoms with E-state index in [1.807, 2.05) is 6.08 Å². The summed E-state index contributed by atoms with van der Waals surface area (Å²) in [6.45, 7) is 3.32. The van der Waals surface area contributed by atoms with Gasteiger partial charge in [-0.05, 0) is 51.4 Å². The summed E-state index contributed by atoms with van der Waals surface area (Å²) in [5, 5.41) is 110. The van der Waals surface area contributed by atoms with Crippen molar-refractivity contribution >= 4 is 25.7 Å². The second-order valence-corrected chi connectivity index (χ2v) is 28.8. The maximum atomic E-state index is 14.3. The van der Waals surface area contributed by atoms with E-state index in [4.69, 9.17) is 42.2 Å². The molecule has 24 nitrogen and oxygen atoms in total. The number of rotatable bonds is 59. The number of aliphatic hydroxyl groups is 10. The van der Waals surface area contributed by atoms with E-state index in [-0.39, 0.29) is 12.8 Å². The van der Waals surface area contributed by atoms with E-state index >= 15 is 0 Å². The number of phosphoric ester groups is 1. The lowest BCUT2D eigenvalue weighted by Gasteiger charge is -2.49. The lowest BCUT2D eigenvalue weighted by atomic mass is 9.84. The van der Waals surface area contributed by atoms with Gasteiger partial charge in [-0.3, -0.25) is 18.6 Å². The molecule has 1 aliphatic carbocycles. The van der Waals surface area contributed by atoms with Crippen molar-refractivity contribution in [1.82, 2.24) is 0 Å². The maximum Gasteiger partial charge on any atom is 0.472 e. The molecule has 3 aliphatic rings. The largest absolute Gasteiger partial charge is 0.472 e. The molecule has 0 spiro atoms. The smallest absolute Gasteiger partial charge is 0.463 e. The fourth-order valence-corrected chi connectivity index (χ4v) is 13.5. The van der Waals surface area contributed by atoms with Gasteiger partial charge in [0.15, 0.2) is 18.7 Å².